The van der Waals surface area contributed by atoms with Crippen molar-refractivity contribution >= 4 is 29.6 Å². The van der Waals surface area contributed by atoms with Crippen LogP contribution in [0.3, 0.4) is 0 Å². The molecule has 1 amide bonds. The maximum Gasteiger partial charge on any atom is 0.256 e. The van der Waals surface area contributed by atoms with Gasteiger partial charge in [-0.25, -0.2) is 0 Å². The molecule has 1 heterocycles. The van der Waals surface area contributed by atoms with Gasteiger partial charge in [-0.1, -0.05) is 30.0 Å². The van der Waals surface area contributed by atoms with Gasteiger partial charge in [-0.2, -0.15) is 0 Å². The third-order valence-electron chi connectivity index (χ3n) is 3.19. The molecular weight excluding hydrogens is 258 g/mol. The van der Waals surface area contributed by atoms with Crippen LogP contribution in [0.15, 0.2) is 46.2 Å². The standard InChI is InChI=1S/C15H11NO2S/c1-9-10(8-17)6-7-13-14(9)16-15(18)11-4-2-3-5-12(11)19-13/h2-8H,1H3,(H,16,18). The summed E-state index contributed by atoms with van der Waals surface area (Å²) >= 11 is 1.54. The van der Waals surface area contributed by atoms with Gasteiger partial charge in [0, 0.05) is 15.4 Å². The Hall–Kier alpha value is -2.07. The molecule has 0 aliphatic carbocycles. The van der Waals surface area contributed by atoms with E-state index in [-0.39, 0.29) is 5.91 Å². The number of benzene rings is 2. The zero-order valence-corrected chi connectivity index (χ0v) is 11.1. The first-order valence-electron chi connectivity index (χ1n) is 5.87. The monoisotopic (exact) mass is 269 g/mol. The first-order chi connectivity index (χ1) is 9.20. The number of rotatable bonds is 1. The van der Waals surface area contributed by atoms with Crippen LogP contribution in [0.2, 0.25) is 0 Å². The van der Waals surface area contributed by atoms with Crippen LogP contribution in [-0.4, -0.2) is 12.2 Å². The number of hydrogen-bond donors (Lipinski definition) is 1. The Kier molecular flexibility index (Phi) is 2.87. The Bertz CT molecular complexity index is 695. The summed E-state index contributed by atoms with van der Waals surface area (Å²) in [5.74, 6) is -0.131. The lowest BCUT2D eigenvalue weighted by Gasteiger charge is -2.11. The lowest BCUT2D eigenvalue weighted by atomic mass is 10.1. The van der Waals surface area contributed by atoms with Crippen molar-refractivity contribution < 1.29 is 9.59 Å². The highest BCUT2D eigenvalue weighted by Gasteiger charge is 2.21. The molecule has 1 aliphatic rings. The van der Waals surface area contributed by atoms with Gasteiger partial charge in [0.2, 0.25) is 0 Å². The molecule has 1 aliphatic heterocycles. The molecule has 0 fully saturated rings. The third kappa shape index (κ3) is 1.94. The molecule has 4 heteroatoms. The molecule has 0 bridgehead atoms. The van der Waals surface area contributed by atoms with E-state index in [1.165, 1.54) is 0 Å². The van der Waals surface area contributed by atoms with Crippen LogP contribution in [0.1, 0.15) is 26.3 Å². The second-order valence-corrected chi connectivity index (χ2v) is 5.41. The molecule has 94 valence electrons. The van der Waals surface area contributed by atoms with Crippen LogP contribution in [0, 0.1) is 6.92 Å². The maximum absolute atomic E-state index is 12.2. The van der Waals surface area contributed by atoms with Crippen molar-refractivity contribution in [1.82, 2.24) is 0 Å². The molecule has 19 heavy (non-hydrogen) atoms. The number of carbonyl (C=O) groups is 2. The van der Waals surface area contributed by atoms with Crippen molar-refractivity contribution in [3.8, 4) is 0 Å². The van der Waals surface area contributed by atoms with Gasteiger partial charge in [-0.3, -0.25) is 9.59 Å². The van der Waals surface area contributed by atoms with Crippen molar-refractivity contribution in [2.75, 3.05) is 5.32 Å². The Morgan fingerprint density at radius 2 is 1.89 bits per heavy atom. The van der Waals surface area contributed by atoms with Crippen LogP contribution in [-0.2, 0) is 0 Å². The number of hydrogen-bond acceptors (Lipinski definition) is 3. The summed E-state index contributed by atoms with van der Waals surface area (Å²) in [4.78, 5) is 25.1. The molecule has 0 spiro atoms. The summed E-state index contributed by atoms with van der Waals surface area (Å²) in [6.07, 6.45) is 0.810. The number of carbonyl (C=O) groups excluding carboxylic acids is 2. The molecule has 3 rings (SSSR count). The lowest BCUT2D eigenvalue weighted by Crippen LogP contribution is -2.12. The van der Waals surface area contributed by atoms with Gasteiger partial charge < -0.3 is 5.32 Å². The fourth-order valence-corrected chi connectivity index (χ4v) is 3.21. The Labute approximate surface area is 115 Å². The predicted octanol–water partition coefficient (Wildman–Crippen LogP) is 3.52. The van der Waals surface area contributed by atoms with Gasteiger partial charge >= 0.3 is 0 Å². The summed E-state index contributed by atoms with van der Waals surface area (Å²) in [7, 11) is 0. The van der Waals surface area contributed by atoms with E-state index in [0.717, 1.165) is 27.3 Å². The van der Waals surface area contributed by atoms with Crippen LogP contribution in [0.5, 0.6) is 0 Å². The summed E-state index contributed by atoms with van der Waals surface area (Å²) in [5, 5.41) is 2.90. The first kappa shape index (κ1) is 12.0. The molecule has 2 aromatic carbocycles. The van der Waals surface area contributed by atoms with Crippen molar-refractivity contribution in [3.05, 3.63) is 53.1 Å². The Morgan fingerprint density at radius 3 is 2.68 bits per heavy atom. The van der Waals surface area contributed by atoms with Crippen LogP contribution in [0.25, 0.3) is 0 Å². The molecule has 2 aromatic rings. The third-order valence-corrected chi connectivity index (χ3v) is 4.32. The molecular formula is C15H11NO2S. The summed E-state index contributed by atoms with van der Waals surface area (Å²) < 4.78 is 0. The highest BCUT2D eigenvalue weighted by molar-refractivity contribution is 7.99. The highest BCUT2D eigenvalue weighted by atomic mass is 32.2. The van der Waals surface area contributed by atoms with Crippen molar-refractivity contribution in [3.63, 3.8) is 0 Å². The minimum atomic E-state index is -0.131. The van der Waals surface area contributed by atoms with Gasteiger partial charge in [0.1, 0.15) is 6.29 Å². The van der Waals surface area contributed by atoms with Gasteiger partial charge in [-0.05, 0) is 30.7 Å². The lowest BCUT2D eigenvalue weighted by molar-refractivity contribution is 0.102. The molecule has 0 radical (unpaired) electrons. The first-order valence-corrected chi connectivity index (χ1v) is 6.69. The van der Waals surface area contributed by atoms with Crippen molar-refractivity contribution in [1.29, 1.82) is 0 Å². The predicted molar refractivity (Wildman–Crippen MR) is 75.1 cm³/mol. The van der Waals surface area contributed by atoms with Crippen LogP contribution < -0.4 is 5.32 Å². The number of fused-ring (bicyclic) bond motifs is 2. The van der Waals surface area contributed by atoms with Gasteiger partial charge in [0.15, 0.2) is 0 Å². The minimum absolute atomic E-state index is 0.131. The van der Waals surface area contributed by atoms with E-state index >= 15 is 0 Å². The number of nitrogens with one attached hydrogen (secondary N) is 1. The zero-order chi connectivity index (χ0) is 13.4. The minimum Gasteiger partial charge on any atom is -0.321 e. The molecule has 0 atom stereocenters. The number of amides is 1. The molecule has 0 unspecified atom stereocenters. The summed E-state index contributed by atoms with van der Waals surface area (Å²) in [6, 6.07) is 11.2. The average molecular weight is 269 g/mol. The summed E-state index contributed by atoms with van der Waals surface area (Å²) in [6.45, 7) is 1.85. The van der Waals surface area contributed by atoms with E-state index in [2.05, 4.69) is 5.32 Å². The average Bonchev–Trinajstić information content (AvgIpc) is 2.57. The molecule has 3 nitrogen and oxygen atoms in total. The van der Waals surface area contributed by atoms with Gasteiger partial charge in [0.05, 0.1) is 11.3 Å². The maximum atomic E-state index is 12.2. The quantitative estimate of drug-likeness (QED) is 0.806. The van der Waals surface area contributed by atoms with E-state index < -0.39 is 0 Å². The van der Waals surface area contributed by atoms with Crippen molar-refractivity contribution in [2.45, 2.75) is 16.7 Å². The smallest absolute Gasteiger partial charge is 0.256 e. The summed E-state index contributed by atoms with van der Waals surface area (Å²) in [5.41, 5.74) is 2.80. The molecule has 0 aromatic heterocycles. The van der Waals surface area contributed by atoms with Gasteiger partial charge in [0.25, 0.3) is 5.91 Å². The molecule has 0 saturated carbocycles. The normalized spacial score (nSPS) is 13.0. The second kappa shape index (κ2) is 4.55. The Balaban J connectivity index is 2.20. The zero-order valence-electron chi connectivity index (χ0n) is 10.3. The fourth-order valence-electron chi connectivity index (χ4n) is 2.11. The Morgan fingerprint density at radius 1 is 1.11 bits per heavy atom. The van der Waals surface area contributed by atoms with E-state index in [0.29, 0.717) is 11.1 Å². The topological polar surface area (TPSA) is 46.2 Å². The SMILES string of the molecule is Cc1c(C=O)ccc2c1NC(=O)c1ccccc1S2. The van der Waals surface area contributed by atoms with E-state index in [9.17, 15) is 9.59 Å². The largest absolute Gasteiger partial charge is 0.321 e. The van der Waals surface area contributed by atoms with E-state index in [1.807, 2.05) is 31.2 Å². The highest BCUT2D eigenvalue weighted by Crippen LogP contribution is 2.40. The van der Waals surface area contributed by atoms with Crippen LogP contribution in [0.4, 0.5) is 5.69 Å². The molecule has 1 N–H and O–H groups in total. The van der Waals surface area contributed by atoms with E-state index in [1.54, 1.807) is 23.9 Å². The number of anilines is 1. The fraction of sp³-hybridized carbons (Fsp3) is 0.0667. The van der Waals surface area contributed by atoms with Gasteiger partial charge in [-0.15, -0.1) is 0 Å². The number of aldehydes is 1. The van der Waals surface area contributed by atoms with E-state index in [4.69, 9.17) is 0 Å². The second-order valence-electron chi connectivity index (χ2n) is 4.32. The van der Waals surface area contributed by atoms with Crippen molar-refractivity contribution in [2.24, 2.45) is 0 Å². The molecule has 0 saturated heterocycles. The van der Waals surface area contributed by atoms with Crippen LogP contribution >= 0.6 is 11.8 Å².